The molecule has 1 aromatic heterocycles. The van der Waals surface area contributed by atoms with Gasteiger partial charge in [0.15, 0.2) is 0 Å². The Morgan fingerprint density at radius 1 is 1.31 bits per heavy atom. The molecule has 0 bridgehead atoms. The van der Waals surface area contributed by atoms with E-state index >= 15 is 0 Å². The van der Waals surface area contributed by atoms with Gasteiger partial charge in [0.2, 0.25) is 0 Å². The lowest BCUT2D eigenvalue weighted by Crippen LogP contribution is -2.31. The highest BCUT2D eigenvalue weighted by atomic mass is 16.4. The molecule has 0 aliphatic carbocycles. The van der Waals surface area contributed by atoms with Crippen molar-refractivity contribution >= 4 is 6.01 Å². The number of nitrogens with zero attached hydrogens (tertiary/aromatic N) is 2. The molecular weight excluding hydrogens is 168 g/mol. The first-order valence-corrected chi connectivity index (χ1v) is 4.57. The van der Waals surface area contributed by atoms with Gasteiger partial charge in [-0.15, -0.1) is 0 Å². The van der Waals surface area contributed by atoms with Crippen LogP contribution in [0.5, 0.6) is 0 Å². The summed E-state index contributed by atoms with van der Waals surface area (Å²) in [6, 6.07) is 1.79. The topological polar surface area (TPSA) is 46.3 Å². The Morgan fingerprint density at radius 2 is 2.08 bits per heavy atom. The second kappa shape index (κ2) is 3.60. The van der Waals surface area contributed by atoms with E-state index in [0.717, 1.165) is 25.9 Å². The van der Waals surface area contributed by atoms with Crippen molar-refractivity contribution in [2.75, 3.05) is 18.0 Å². The molecule has 2 rings (SSSR count). The predicted molar refractivity (Wildman–Crippen MR) is 48.8 cm³/mol. The van der Waals surface area contributed by atoms with Gasteiger partial charge in [-0.3, -0.25) is 4.79 Å². The van der Waals surface area contributed by atoms with E-state index in [-0.39, 0.29) is 5.56 Å². The maximum atomic E-state index is 10.9. The van der Waals surface area contributed by atoms with Crippen molar-refractivity contribution in [3.8, 4) is 0 Å². The Hall–Kier alpha value is -1.32. The summed E-state index contributed by atoms with van der Waals surface area (Å²) < 4.78 is 5.16. The predicted octanol–water partition coefficient (Wildman–Crippen LogP) is 1.03. The summed E-state index contributed by atoms with van der Waals surface area (Å²) in [5, 5.41) is 0. The van der Waals surface area contributed by atoms with Crippen molar-refractivity contribution in [2.24, 2.45) is 0 Å². The third kappa shape index (κ3) is 1.88. The van der Waals surface area contributed by atoms with E-state index in [4.69, 9.17) is 4.42 Å². The number of anilines is 1. The lowest BCUT2D eigenvalue weighted by Gasteiger charge is -2.25. The fourth-order valence-corrected chi connectivity index (χ4v) is 1.54. The highest BCUT2D eigenvalue weighted by molar-refractivity contribution is 5.24. The first-order chi connectivity index (χ1) is 6.36. The molecule has 0 aromatic carbocycles. The molecular formula is C9H12N2O2. The van der Waals surface area contributed by atoms with Crippen LogP contribution in [-0.2, 0) is 0 Å². The van der Waals surface area contributed by atoms with Crippen LogP contribution in [0.15, 0.2) is 21.5 Å². The van der Waals surface area contributed by atoms with Crippen LogP contribution in [0.3, 0.4) is 0 Å². The zero-order chi connectivity index (χ0) is 9.10. The standard InChI is InChI=1S/C9H12N2O2/c12-8-4-7-13-9(10-8)11-5-2-1-3-6-11/h4,7H,1-3,5-6H2. The summed E-state index contributed by atoms with van der Waals surface area (Å²) in [6.45, 7) is 1.89. The summed E-state index contributed by atoms with van der Waals surface area (Å²) in [6.07, 6.45) is 4.97. The summed E-state index contributed by atoms with van der Waals surface area (Å²) in [4.78, 5) is 16.8. The molecule has 70 valence electrons. The quantitative estimate of drug-likeness (QED) is 0.647. The van der Waals surface area contributed by atoms with Crippen molar-refractivity contribution in [3.05, 3.63) is 22.7 Å². The Kier molecular flexibility index (Phi) is 2.29. The van der Waals surface area contributed by atoms with Crippen molar-refractivity contribution in [1.29, 1.82) is 0 Å². The van der Waals surface area contributed by atoms with Crippen LogP contribution in [0.2, 0.25) is 0 Å². The van der Waals surface area contributed by atoms with Crippen molar-refractivity contribution < 1.29 is 4.42 Å². The molecule has 0 spiro atoms. The number of rotatable bonds is 1. The van der Waals surface area contributed by atoms with E-state index in [0.29, 0.717) is 6.01 Å². The normalized spacial score (nSPS) is 17.4. The Morgan fingerprint density at radius 3 is 2.77 bits per heavy atom. The Bertz CT molecular complexity index is 328. The van der Waals surface area contributed by atoms with E-state index < -0.39 is 0 Å². The molecule has 0 saturated carbocycles. The minimum Gasteiger partial charge on any atom is -0.433 e. The van der Waals surface area contributed by atoms with Gasteiger partial charge in [0.05, 0.1) is 0 Å². The van der Waals surface area contributed by atoms with Gasteiger partial charge >= 0.3 is 6.01 Å². The third-order valence-electron chi connectivity index (χ3n) is 2.22. The minimum absolute atomic E-state index is 0.230. The molecule has 0 amide bonds. The van der Waals surface area contributed by atoms with Gasteiger partial charge in [-0.2, -0.15) is 4.98 Å². The first-order valence-electron chi connectivity index (χ1n) is 4.57. The summed E-state index contributed by atoms with van der Waals surface area (Å²) in [5.74, 6) is 0. The number of hydrogen-bond acceptors (Lipinski definition) is 4. The fraction of sp³-hybridized carbons (Fsp3) is 0.556. The van der Waals surface area contributed by atoms with Crippen LogP contribution in [0, 0.1) is 0 Å². The van der Waals surface area contributed by atoms with E-state index in [1.165, 1.54) is 18.8 Å². The maximum Gasteiger partial charge on any atom is 0.300 e. The van der Waals surface area contributed by atoms with Crippen LogP contribution < -0.4 is 10.5 Å². The smallest absolute Gasteiger partial charge is 0.300 e. The van der Waals surface area contributed by atoms with Crippen LogP contribution in [-0.4, -0.2) is 18.1 Å². The van der Waals surface area contributed by atoms with E-state index in [9.17, 15) is 4.79 Å². The molecule has 1 aliphatic heterocycles. The number of hydrogen-bond donors (Lipinski definition) is 0. The Labute approximate surface area is 76.2 Å². The molecule has 0 radical (unpaired) electrons. The summed E-state index contributed by atoms with van der Waals surface area (Å²) in [7, 11) is 0. The molecule has 0 atom stereocenters. The molecule has 0 N–H and O–H groups in total. The number of aromatic nitrogens is 1. The average Bonchev–Trinajstić information content (AvgIpc) is 2.19. The monoisotopic (exact) mass is 180 g/mol. The summed E-state index contributed by atoms with van der Waals surface area (Å²) in [5.41, 5.74) is -0.230. The van der Waals surface area contributed by atoms with Crippen molar-refractivity contribution in [2.45, 2.75) is 19.3 Å². The second-order valence-corrected chi connectivity index (χ2v) is 3.20. The first kappa shape index (κ1) is 8.29. The highest BCUT2D eigenvalue weighted by Crippen LogP contribution is 2.15. The number of piperidine rings is 1. The zero-order valence-electron chi connectivity index (χ0n) is 7.40. The summed E-state index contributed by atoms with van der Waals surface area (Å²) >= 11 is 0. The molecule has 1 aliphatic rings. The highest BCUT2D eigenvalue weighted by Gasteiger charge is 2.13. The van der Waals surface area contributed by atoms with Gasteiger partial charge in [-0.1, -0.05) is 0 Å². The average molecular weight is 180 g/mol. The molecule has 4 heteroatoms. The van der Waals surface area contributed by atoms with Crippen LogP contribution in [0.25, 0.3) is 0 Å². The van der Waals surface area contributed by atoms with Crippen LogP contribution in [0.1, 0.15) is 19.3 Å². The lowest BCUT2D eigenvalue weighted by molar-refractivity contribution is 0.471. The van der Waals surface area contributed by atoms with Crippen LogP contribution >= 0.6 is 0 Å². The van der Waals surface area contributed by atoms with Gasteiger partial charge in [0.25, 0.3) is 5.56 Å². The van der Waals surface area contributed by atoms with Gasteiger partial charge in [-0.25, -0.2) is 0 Å². The van der Waals surface area contributed by atoms with Gasteiger partial charge in [0, 0.05) is 19.2 Å². The SMILES string of the molecule is O=c1ccoc(N2CCCCC2)n1. The van der Waals surface area contributed by atoms with Gasteiger partial charge in [0.1, 0.15) is 6.26 Å². The van der Waals surface area contributed by atoms with E-state index in [2.05, 4.69) is 4.98 Å². The lowest BCUT2D eigenvalue weighted by atomic mass is 10.1. The molecule has 13 heavy (non-hydrogen) atoms. The molecule has 0 unspecified atom stereocenters. The largest absolute Gasteiger partial charge is 0.433 e. The molecule has 1 saturated heterocycles. The molecule has 4 nitrogen and oxygen atoms in total. The zero-order valence-corrected chi connectivity index (χ0v) is 7.40. The second-order valence-electron chi connectivity index (χ2n) is 3.20. The van der Waals surface area contributed by atoms with Crippen LogP contribution in [0.4, 0.5) is 6.01 Å². The Balaban J connectivity index is 2.19. The van der Waals surface area contributed by atoms with Gasteiger partial charge in [-0.05, 0) is 19.3 Å². The molecule has 2 heterocycles. The van der Waals surface area contributed by atoms with E-state index in [1.807, 2.05) is 4.90 Å². The fourth-order valence-electron chi connectivity index (χ4n) is 1.54. The van der Waals surface area contributed by atoms with Crippen molar-refractivity contribution in [1.82, 2.24) is 4.98 Å². The van der Waals surface area contributed by atoms with Gasteiger partial charge < -0.3 is 9.32 Å². The minimum atomic E-state index is -0.230. The third-order valence-corrected chi connectivity index (χ3v) is 2.22. The van der Waals surface area contributed by atoms with Crippen molar-refractivity contribution in [3.63, 3.8) is 0 Å². The van der Waals surface area contributed by atoms with E-state index in [1.54, 1.807) is 0 Å². The molecule has 1 aromatic rings. The molecule has 1 fully saturated rings. The maximum absolute atomic E-state index is 10.9.